The van der Waals surface area contributed by atoms with Gasteiger partial charge in [-0.25, -0.2) is 4.98 Å². The molecular weight excluding hydrogens is 324 g/mol. The third kappa shape index (κ3) is 5.03. The fraction of sp³-hybridized carbons (Fsp3) is 0.444. The molecule has 1 N–H and O–H groups in total. The predicted molar refractivity (Wildman–Crippen MR) is 96.0 cm³/mol. The molecule has 130 valence electrons. The average molecular weight is 348 g/mol. The van der Waals surface area contributed by atoms with Gasteiger partial charge in [-0.2, -0.15) is 0 Å². The highest BCUT2D eigenvalue weighted by Crippen LogP contribution is 2.23. The molecule has 2 rings (SSSR count). The average Bonchev–Trinajstić information content (AvgIpc) is 2.87. The molecule has 6 heteroatoms. The first kappa shape index (κ1) is 18.4. The SMILES string of the molecule is CC[C@@H](C)NC(=O)C[S@@](=O)Cc1nc(-c2cccc(C)c2)oc1C. The second-order valence-corrected chi connectivity index (χ2v) is 7.45. The van der Waals surface area contributed by atoms with Crippen molar-refractivity contribution >= 4 is 16.7 Å². The van der Waals surface area contributed by atoms with E-state index in [0.717, 1.165) is 17.5 Å². The van der Waals surface area contributed by atoms with Crippen LogP contribution in [0.2, 0.25) is 0 Å². The summed E-state index contributed by atoms with van der Waals surface area (Å²) < 4.78 is 17.9. The summed E-state index contributed by atoms with van der Waals surface area (Å²) in [6, 6.07) is 7.97. The normalized spacial score (nSPS) is 13.5. The summed E-state index contributed by atoms with van der Waals surface area (Å²) in [4.78, 5) is 16.3. The molecule has 0 saturated carbocycles. The Morgan fingerprint density at radius 2 is 2.12 bits per heavy atom. The van der Waals surface area contributed by atoms with Crippen molar-refractivity contribution in [1.82, 2.24) is 10.3 Å². The Hall–Kier alpha value is -1.95. The van der Waals surface area contributed by atoms with Crippen molar-refractivity contribution in [3.63, 3.8) is 0 Å². The van der Waals surface area contributed by atoms with Gasteiger partial charge in [0.25, 0.3) is 0 Å². The predicted octanol–water partition coefficient (Wildman–Crippen LogP) is 3.12. The van der Waals surface area contributed by atoms with Crippen LogP contribution in [0.3, 0.4) is 0 Å². The van der Waals surface area contributed by atoms with Crippen molar-refractivity contribution in [1.29, 1.82) is 0 Å². The molecule has 24 heavy (non-hydrogen) atoms. The zero-order valence-corrected chi connectivity index (χ0v) is 15.4. The minimum absolute atomic E-state index is 0.0174. The Morgan fingerprint density at radius 1 is 1.38 bits per heavy atom. The summed E-state index contributed by atoms with van der Waals surface area (Å²) >= 11 is 0. The number of aromatic nitrogens is 1. The lowest BCUT2D eigenvalue weighted by molar-refractivity contribution is -0.119. The first-order valence-electron chi connectivity index (χ1n) is 8.06. The second kappa shape index (κ2) is 8.24. The van der Waals surface area contributed by atoms with Crippen LogP contribution in [0.1, 0.15) is 37.3 Å². The van der Waals surface area contributed by atoms with E-state index in [1.165, 1.54) is 0 Å². The van der Waals surface area contributed by atoms with Crippen LogP contribution in [0.15, 0.2) is 28.7 Å². The van der Waals surface area contributed by atoms with Crippen LogP contribution in [-0.4, -0.2) is 26.9 Å². The fourth-order valence-corrected chi connectivity index (χ4v) is 3.28. The highest BCUT2D eigenvalue weighted by atomic mass is 32.2. The van der Waals surface area contributed by atoms with Crippen LogP contribution >= 0.6 is 0 Å². The minimum atomic E-state index is -1.31. The number of hydrogen-bond donors (Lipinski definition) is 1. The van der Waals surface area contributed by atoms with Gasteiger partial charge in [-0.3, -0.25) is 9.00 Å². The number of hydrogen-bond acceptors (Lipinski definition) is 4. The van der Waals surface area contributed by atoms with Gasteiger partial charge in [-0.15, -0.1) is 0 Å². The number of benzene rings is 1. The Bertz CT molecular complexity index is 740. The van der Waals surface area contributed by atoms with Crippen molar-refractivity contribution in [2.24, 2.45) is 0 Å². The van der Waals surface area contributed by atoms with Gasteiger partial charge in [0.2, 0.25) is 11.8 Å². The molecule has 1 aromatic heterocycles. The molecule has 1 heterocycles. The summed E-state index contributed by atoms with van der Waals surface area (Å²) in [5.41, 5.74) is 2.65. The Labute approximate surface area is 145 Å². The molecule has 2 atom stereocenters. The molecule has 0 aliphatic rings. The number of oxazole rings is 1. The van der Waals surface area contributed by atoms with Crippen LogP contribution in [0.5, 0.6) is 0 Å². The number of nitrogens with zero attached hydrogens (tertiary/aromatic N) is 1. The lowest BCUT2D eigenvalue weighted by atomic mass is 10.1. The van der Waals surface area contributed by atoms with Crippen LogP contribution in [0.25, 0.3) is 11.5 Å². The van der Waals surface area contributed by atoms with E-state index in [1.807, 2.05) is 45.0 Å². The van der Waals surface area contributed by atoms with Gasteiger partial charge in [0.15, 0.2) is 0 Å². The number of nitrogens with one attached hydrogen (secondary N) is 1. The molecule has 0 aliphatic carbocycles. The first-order chi connectivity index (χ1) is 11.4. The molecule has 0 fully saturated rings. The molecule has 2 aromatic rings. The maximum atomic E-state index is 12.2. The molecule has 0 unspecified atom stereocenters. The maximum absolute atomic E-state index is 12.2. The van der Waals surface area contributed by atoms with Crippen molar-refractivity contribution in [2.75, 3.05) is 5.75 Å². The Balaban J connectivity index is 2.03. The van der Waals surface area contributed by atoms with E-state index in [2.05, 4.69) is 10.3 Å². The lowest BCUT2D eigenvalue weighted by Crippen LogP contribution is -2.35. The van der Waals surface area contributed by atoms with Gasteiger partial charge in [-0.05, 0) is 39.3 Å². The van der Waals surface area contributed by atoms with Gasteiger partial charge < -0.3 is 9.73 Å². The maximum Gasteiger partial charge on any atom is 0.232 e. The van der Waals surface area contributed by atoms with E-state index in [1.54, 1.807) is 6.92 Å². The molecule has 5 nitrogen and oxygen atoms in total. The zero-order chi connectivity index (χ0) is 17.7. The van der Waals surface area contributed by atoms with E-state index in [4.69, 9.17) is 4.42 Å². The van der Waals surface area contributed by atoms with Gasteiger partial charge in [0.1, 0.15) is 11.5 Å². The topological polar surface area (TPSA) is 72.2 Å². The second-order valence-electron chi connectivity index (χ2n) is 6.00. The highest BCUT2D eigenvalue weighted by Gasteiger charge is 2.16. The molecule has 0 radical (unpaired) electrons. The first-order valence-corrected chi connectivity index (χ1v) is 9.55. The molecule has 1 aromatic carbocycles. The summed E-state index contributed by atoms with van der Waals surface area (Å²) in [7, 11) is -1.31. The number of carbonyl (C=O) groups excluding carboxylic acids is 1. The molecule has 0 bridgehead atoms. The third-order valence-electron chi connectivity index (χ3n) is 3.77. The van der Waals surface area contributed by atoms with Crippen LogP contribution < -0.4 is 5.32 Å². The van der Waals surface area contributed by atoms with Crippen molar-refractivity contribution < 1.29 is 13.4 Å². The highest BCUT2D eigenvalue weighted by molar-refractivity contribution is 7.84. The number of rotatable bonds is 7. The summed E-state index contributed by atoms with van der Waals surface area (Å²) in [6.07, 6.45) is 0.848. The van der Waals surface area contributed by atoms with Crippen LogP contribution in [0, 0.1) is 13.8 Å². The Kier molecular flexibility index (Phi) is 6.31. The summed E-state index contributed by atoms with van der Waals surface area (Å²) in [6.45, 7) is 7.73. The lowest BCUT2D eigenvalue weighted by Gasteiger charge is -2.10. The minimum Gasteiger partial charge on any atom is -0.441 e. The monoisotopic (exact) mass is 348 g/mol. The van der Waals surface area contributed by atoms with E-state index in [0.29, 0.717) is 17.3 Å². The van der Waals surface area contributed by atoms with Crippen molar-refractivity contribution in [2.45, 2.75) is 45.9 Å². The largest absolute Gasteiger partial charge is 0.441 e. The van der Waals surface area contributed by atoms with E-state index in [-0.39, 0.29) is 23.5 Å². The van der Waals surface area contributed by atoms with Crippen molar-refractivity contribution in [3.8, 4) is 11.5 Å². The smallest absolute Gasteiger partial charge is 0.232 e. The Morgan fingerprint density at radius 3 is 2.79 bits per heavy atom. The third-order valence-corrected chi connectivity index (χ3v) is 4.95. The van der Waals surface area contributed by atoms with Gasteiger partial charge in [0, 0.05) is 22.4 Å². The number of aryl methyl sites for hydroxylation is 2. The summed E-state index contributed by atoms with van der Waals surface area (Å²) in [5.74, 6) is 1.17. The van der Waals surface area contributed by atoms with Gasteiger partial charge in [-0.1, -0.05) is 24.6 Å². The van der Waals surface area contributed by atoms with Crippen molar-refractivity contribution in [3.05, 3.63) is 41.3 Å². The van der Waals surface area contributed by atoms with E-state index in [9.17, 15) is 9.00 Å². The van der Waals surface area contributed by atoms with E-state index < -0.39 is 10.8 Å². The molecule has 1 amide bonds. The summed E-state index contributed by atoms with van der Waals surface area (Å²) in [5, 5.41) is 2.82. The quantitative estimate of drug-likeness (QED) is 0.834. The fourth-order valence-electron chi connectivity index (χ4n) is 2.23. The van der Waals surface area contributed by atoms with Gasteiger partial charge in [0.05, 0.1) is 11.4 Å². The standard InChI is InChI=1S/C18H24N2O3S/c1-5-13(3)19-17(21)11-24(22)10-16-14(4)23-18(20-16)15-8-6-7-12(2)9-15/h6-9,13H,5,10-11H2,1-4H3,(H,19,21)/t13-,24+/m1/s1. The molecule has 0 saturated heterocycles. The van der Waals surface area contributed by atoms with Crippen LogP contribution in [-0.2, 0) is 21.3 Å². The zero-order valence-electron chi connectivity index (χ0n) is 14.6. The number of amides is 1. The number of carbonyl (C=O) groups is 1. The van der Waals surface area contributed by atoms with Gasteiger partial charge >= 0.3 is 0 Å². The molecule has 0 aliphatic heterocycles. The molecule has 0 spiro atoms. The van der Waals surface area contributed by atoms with E-state index >= 15 is 0 Å². The molecular formula is C18H24N2O3S. The van der Waals surface area contributed by atoms with Crippen LogP contribution in [0.4, 0.5) is 0 Å².